The molecule has 222 valence electrons. The van der Waals surface area contributed by atoms with Gasteiger partial charge in [0, 0.05) is 36.6 Å². The predicted octanol–water partition coefficient (Wildman–Crippen LogP) is 6.53. The van der Waals surface area contributed by atoms with E-state index in [1.54, 1.807) is 25.2 Å². The first-order valence-corrected chi connectivity index (χ1v) is 14.7. The number of hydrogen-bond donors (Lipinski definition) is 1. The normalized spacial score (nSPS) is 15.9. The maximum Gasteiger partial charge on any atom is 0.259 e. The molecule has 0 radical (unpaired) electrons. The van der Waals surface area contributed by atoms with Crippen LogP contribution in [0.2, 0.25) is 0 Å². The molecule has 7 heteroatoms. The van der Waals surface area contributed by atoms with Crippen LogP contribution in [-0.2, 0) is 4.79 Å². The number of methoxy groups -OCH3 is 2. The van der Waals surface area contributed by atoms with E-state index in [1.165, 1.54) is 11.3 Å². The van der Waals surface area contributed by atoms with E-state index in [-0.39, 0.29) is 11.8 Å². The van der Waals surface area contributed by atoms with Crippen molar-refractivity contribution in [3.8, 4) is 11.5 Å². The summed E-state index contributed by atoms with van der Waals surface area (Å²) in [6.45, 7) is 6.46. The standard InChI is InChI=1S/C36H39N3O4/c1-5-38(28-11-8-10-25(2)24-28)23-9-22-37-35(40)33-31-12-6-7-13-32(31)36(41)39(27-16-20-30(43-4)21-17-27)34(33)26-14-18-29(42-3)19-15-26/h6-8,10-21,24,33-34H,5,9,22-23H2,1-4H3,(H,37,40)/t33-,34+/m0/s1. The number of ether oxygens (including phenoxy) is 2. The summed E-state index contributed by atoms with van der Waals surface area (Å²) >= 11 is 0. The van der Waals surface area contributed by atoms with Crippen LogP contribution >= 0.6 is 0 Å². The Morgan fingerprint density at radius 1 is 0.884 bits per heavy atom. The second-order valence-corrected chi connectivity index (χ2v) is 10.7. The summed E-state index contributed by atoms with van der Waals surface area (Å²) in [6.07, 6.45) is 0.788. The van der Waals surface area contributed by atoms with Crippen molar-refractivity contribution in [1.29, 1.82) is 0 Å². The average molecular weight is 578 g/mol. The van der Waals surface area contributed by atoms with Crippen molar-refractivity contribution in [2.45, 2.75) is 32.2 Å². The lowest BCUT2D eigenvalue weighted by molar-refractivity contribution is -0.123. The molecule has 0 aliphatic carbocycles. The third-order valence-electron chi connectivity index (χ3n) is 8.08. The number of carbonyl (C=O) groups is 2. The minimum Gasteiger partial charge on any atom is -0.497 e. The van der Waals surface area contributed by atoms with Gasteiger partial charge in [-0.2, -0.15) is 0 Å². The first-order chi connectivity index (χ1) is 20.9. The molecule has 43 heavy (non-hydrogen) atoms. The van der Waals surface area contributed by atoms with Gasteiger partial charge in [-0.05, 0) is 91.6 Å². The van der Waals surface area contributed by atoms with Crippen molar-refractivity contribution in [3.05, 3.63) is 119 Å². The predicted molar refractivity (Wildman–Crippen MR) is 171 cm³/mol. The van der Waals surface area contributed by atoms with Crippen molar-refractivity contribution in [3.63, 3.8) is 0 Å². The molecule has 1 N–H and O–H groups in total. The molecule has 2 amide bonds. The molecule has 7 nitrogen and oxygen atoms in total. The number of nitrogens with zero attached hydrogens (tertiary/aromatic N) is 2. The Hall–Kier alpha value is -4.78. The van der Waals surface area contributed by atoms with Gasteiger partial charge in [0.1, 0.15) is 11.5 Å². The van der Waals surface area contributed by atoms with E-state index in [0.717, 1.165) is 30.6 Å². The Bertz CT molecular complexity index is 1550. The van der Waals surface area contributed by atoms with E-state index >= 15 is 0 Å². The Balaban J connectivity index is 1.46. The smallest absolute Gasteiger partial charge is 0.259 e. The van der Waals surface area contributed by atoms with Crippen LogP contribution in [0.5, 0.6) is 11.5 Å². The molecule has 0 aromatic heterocycles. The van der Waals surface area contributed by atoms with Crippen molar-refractivity contribution in [1.82, 2.24) is 5.32 Å². The summed E-state index contributed by atoms with van der Waals surface area (Å²) in [7, 11) is 3.23. The maximum absolute atomic E-state index is 14.2. The highest BCUT2D eigenvalue weighted by molar-refractivity contribution is 6.11. The minimum atomic E-state index is -0.622. The Labute approximate surface area is 254 Å². The highest BCUT2D eigenvalue weighted by atomic mass is 16.5. The van der Waals surface area contributed by atoms with Crippen LogP contribution in [0.4, 0.5) is 11.4 Å². The van der Waals surface area contributed by atoms with Gasteiger partial charge in [-0.1, -0.05) is 42.5 Å². The van der Waals surface area contributed by atoms with Gasteiger partial charge in [0.2, 0.25) is 5.91 Å². The number of rotatable bonds is 11. The largest absolute Gasteiger partial charge is 0.497 e. The Morgan fingerprint density at radius 2 is 1.56 bits per heavy atom. The molecule has 1 aliphatic rings. The molecule has 0 bridgehead atoms. The molecule has 0 fully saturated rings. The number of benzene rings is 4. The molecule has 4 aromatic rings. The number of aryl methyl sites for hydroxylation is 1. The van der Waals surface area contributed by atoms with E-state index in [4.69, 9.17) is 9.47 Å². The fraction of sp³-hybridized carbons (Fsp3) is 0.278. The third-order valence-corrected chi connectivity index (χ3v) is 8.08. The summed E-state index contributed by atoms with van der Waals surface area (Å²) in [5, 5.41) is 3.21. The van der Waals surface area contributed by atoms with Crippen LogP contribution in [0, 0.1) is 6.92 Å². The Morgan fingerprint density at radius 3 is 2.21 bits per heavy atom. The van der Waals surface area contributed by atoms with Crippen molar-refractivity contribution >= 4 is 23.2 Å². The van der Waals surface area contributed by atoms with Crippen LogP contribution < -0.4 is 24.6 Å². The van der Waals surface area contributed by atoms with Crippen molar-refractivity contribution < 1.29 is 19.1 Å². The van der Waals surface area contributed by atoms with E-state index in [0.29, 0.717) is 29.3 Å². The maximum atomic E-state index is 14.2. The summed E-state index contributed by atoms with van der Waals surface area (Å²) in [5.41, 5.74) is 5.20. The van der Waals surface area contributed by atoms with Gasteiger partial charge in [-0.25, -0.2) is 0 Å². The number of fused-ring (bicyclic) bond motifs is 1. The fourth-order valence-electron chi connectivity index (χ4n) is 5.87. The zero-order valence-electron chi connectivity index (χ0n) is 25.2. The molecule has 1 aliphatic heterocycles. The van der Waals surface area contributed by atoms with Crippen molar-refractivity contribution in [2.24, 2.45) is 0 Å². The van der Waals surface area contributed by atoms with E-state index < -0.39 is 12.0 Å². The van der Waals surface area contributed by atoms with Crippen LogP contribution in [0.3, 0.4) is 0 Å². The van der Waals surface area contributed by atoms with Crippen LogP contribution in [0.25, 0.3) is 0 Å². The van der Waals surface area contributed by atoms with Gasteiger partial charge < -0.3 is 19.7 Å². The van der Waals surface area contributed by atoms with E-state index in [9.17, 15) is 9.59 Å². The van der Waals surface area contributed by atoms with Crippen LogP contribution in [0.15, 0.2) is 97.1 Å². The zero-order valence-corrected chi connectivity index (χ0v) is 25.2. The SMILES string of the molecule is CCN(CCCNC(=O)[C@H]1c2ccccc2C(=O)N(c2ccc(OC)cc2)[C@@H]1c1ccc(OC)cc1)c1cccc(C)c1. The number of anilines is 2. The van der Waals surface area contributed by atoms with Crippen LogP contribution in [0.1, 0.15) is 52.4 Å². The number of amides is 2. The first kappa shape index (κ1) is 29.7. The molecule has 2 atom stereocenters. The zero-order chi connectivity index (χ0) is 30.3. The van der Waals surface area contributed by atoms with E-state index in [1.807, 2.05) is 66.7 Å². The van der Waals surface area contributed by atoms with Gasteiger partial charge in [0.05, 0.1) is 26.2 Å². The molecular weight excluding hydrogens is 538 g/mol. The molecule has 5 rings (SSSR count). The lowest BCUT2D eigenvalue weighted by atomic mass is 9.78. The molecule has 0 saturated carbocycles. The fourth-order valence-corrected chi connectivity index (χ4v) is 5.87. The van der Waals surface area contributed by atoms with Gasteiger partial charge in [-0.3, -0.25) is 14.5 Å². The van der Waals surface area contributed by atoms with Gasteiger partial charge in [-0.15, -0.1) is 0 Å². The monoisotopic (exact) mass is 577 g/mol. The quantitative estimate of drug-likeness (QED) is 0.205. The molecule has 0 saturated heterocycles. The summed E-state index contributed by atoms with van der Waals surface area (Å²) in [6, 6.07) is 30.3. The van der Waals surface area contributed by atoms with E-state index in [2.05, 4.69) is 48.3 Å². The minimum absolute atomic E-state index is 0.113. The Kier molecular flexibility index (Phi) is 9.30. The molecular formula is C36H39N3O4. The molecule has 1 heterocycles. The number of carbonyl (C=O) groups excluding carboxylic acids is 2. The highest BCUT2D eigenvalue weighted by Gasteiger charge is 2.44. The molecule has 4 aromatic carbocycles. The average Bonchev–Trinajstić information content (AvgIpc) is 3.04. The first-order valence-electron chi connectivity index (χ1n) is 14.7. The van der Waals surface area contributed by atoms with Gasteiger partial charge in [0.25, 0.3) is 5.91 Å². The molecule has 0 unspecified atom stereocenters. The topological polar surface area (TPSA) is 71.1 Å². The summed E-state index contributed by atoms with van der Waals surface area (Å²) in [5.74, 6) is 0.511. The molecule has 0 spiro atoms. The lowest BCUT2D eigenvalue weighted by Crippen LogP contribution is -2.48. The summed E-state index contributed by atoms with van der Waals surface area (Å²) in [4.78, 5) is 32.3. The third kappa shape index (κ3) is 6.36. The van der Waals surface area contributed by atoms with Crippen molar-refractivity contribution in [2.75, 3.05) is 43.7 Å². The summed E-state index contributed by atoms with van der Waals surface area (Å²) < 4.78 is 10.8. The number of hydrogen-bond acceptors (Lipinski definition) is 5. The van der Waals surface area contributed by atoms with Gasteiger partial charge >= 0.3 is 0 Å². The van der Waals surface area contributed by atoms with Gasteiger partial charge in [0.15, 0.2) is 0 Å². The van der Waals surface area contributed by atoms with Crippen LogP contribution in [-0.4, -0.2) is 45.7 Å². The highest BCUT2D eigenvalue weighted by Crippen LogP contribution is 2.45. The lowest BCUT2D eigenvalue weighted by Gasteiger charge is -2.42. The number of nitrogens with one attached hydrogen (secondary N) is 1. The second kappa shape index (κ2) is 13.5. The second-order valence-electron chi connectivity index (χ2n) is 10.7.